The largest absolute Gasteiger partial charge is 0.492 e. The van der Waals surface area contributed by atoms with Gasteiger partial charge in [-0.3, -0.25) is 14.5 Å². The van der Waals surface area contributed by atoms with Crippen LogP contribution in [0.2, 0.25) is 5.02 Å². The van der Waals surface area contributed by atoms with Gasteiger partial charge in [-0.1, -0.05) is 41.3 Å². The fourth-order valence-corrected chi connectivity index (χ4v) is 3.69. The van der Waals surface area contributed by atoms with Gasteiger partial charge in [-0.25, -0.2) is 0 Å². The van der Waals surface area contributed by atoms with E-state index in [9.17, 15) is 9.59 Å². The molecule has 5 nitrogen and oxygen atoms in total. The van der Waals surface area contributed by atoms with Gasteiger partial charge in [0.2, 0.25) is 0 Å². The molecule has 2 aromatic rings. The van der Waals surface area contributed by atoms with E-state index in [0.717, 1.165) is 17.3 Å². The van der Waals surface area contributed by atoms with E-state index in [1.54, 1.807) is 24.3 Å². The molecule has 0 spiro atoms. The number of imide groups is 1. The molecule has 7 heteroatoms. The topological polar surface area (TPSA) is 55.8 Å². The molecule has 1 saturated heterocycles. The Morgan fingerprint density at radius 1 is 1.17 bits per heavy atom. The maximum atomic E-state index is 12.6. The average molecular weight is 428 g/mol. The first-order chi connectivity index (χ1) is 14.0. The Labute approximate surface area is 178 Å². The summed E-state index contributed by atoms with van der Waals surface area (Å²) in [5.74, 6) is 3.17. The number of amides is 2. The van der Waals surface area contributed by atoms with Gasteiger partial charge in [0.15, 0.2) is 0 Å². The molecule has 1 aliphatic heterocycles. The quantitative estimate of drug-likeness (QED) is 0.470. The lowest BCUT2D eigenvalue weighted by Crippen LogP contribution is -2.32. The van der Waals surface area contributed by atoms with Crippen molar-refractivity contribution < 1.29 is 19.1 Å². The van der Waals surface area contributed by atoms with Gasteiger partial charge in [0.1, 0.15) is 24.7 Å². The van der Waals surface area contributed by atoms with Crippen molar-refractivity contribution in [3.8, 4) is 23.8 Å². The van der Waals surface area contributed by atoms with Crippen LogP contribution < -0.4 is 9.47 Å². The van der Waals surface area contributed by atoms with Crippen LogP contribution in [0.25, 0.3) is 6.08 Å². The van der Waals surface area contributed by atoms with E-state index >= 15 is 0 Å². The minimum Gasteiger partial charge on any atom is -0.492 e. The maximum absolute atomic E-state index is 12.6. The molecule has 0 radical (unpaired) electrons. The summed E-state index contributed by atoms with van der Waals surface area (Å²) >= 11 is 7.06. The second-order valence-corrected chi connectivity index (χ2v) is 7.58. The number of ether oxygens (including phenoxy) is 2. The molecule has 1 aliphatic rings. The summed E-state index contributed by atoms with van der Waals surface area (Å²) in [4.78, 5) is 26.3. The van der Waals surface area contributed by atoms with Crippen molar-refractivity contribution in [1.82, 2.24) is 4.90 Å². The smallest absolute Gasteiger partial charge is 0.293 e. The predicted molar refractivity (Wildman–Crippen MR) is 115 cm³/mol. The summed E-state index contributed by atoms with van der Waals surface area (Å²) in [6.07, 6.45) is 6.79. The van der Waals surface area contributed by atoms with Gasteiger partial charge in [0, 0.05) is 0 Å². The van der Waals surface area contributed by atoms with Crippen molar-refractivity contribution in [1.29, 1.82) is 0 Å². The molecule has 0 atom stereocenters. The first-order valence-electron chi connectivity index (χ1n) is 8.78. The SMILES string of the molecule is C#CCOc1ccc(/C=C2\SC(=O)N(CCOc3ccc(C)cc3)C2=O)cc1Cl. The van der Waals surface area contributed by atoms with Crippen molar-refractivity contribution in [2.24, 2.45) is 0 Å². The molecule has 148 valence electrons. The summed E-state index contributed by atoms with van der Waals surface area (Å²) in [5.41, 5.74) is 1.81. The summed E-state index contributed by atoms with van der Waals surface area (Å²) in [6.45, 7) is 2.50. The molecule has 0 saturated carbocycles. The van der Waals surface area contributed by atoms with E-state index in [1.165, 1.54) is 4.90 Å². The van der Waals surface area contributed by atoms with Gasteiger partial charge in [-0.05, 0) is 54.6 Å². The van der Waals surface area contributed by atoms with Crippen LogP contribution in [0.5, 0.6) is 11.5 Å². The normalized spacial score (nSPS) is 14.9. The molecule has 2 amide bonds. The number of carbonyl (C=O) groups excluding carboxylic acids is 2. The van der Waals surface area contributed by atoms with Crippen molar-refractivity contribution in [2.75, 3.05) is 19.8 Å². The second-order valence-electron chi connectivity index (χ2n) is 6.18. The van der Waals surface area contributed by atoms with E-state index < -0.39 is 0 Å². The maximum Gasteiger partial charge on any atom is 0.293 e. The number of thioether (sulfide) groups is 1. The van der Waals surface area contributed by atoms with Crippen LogP contribution in [0.1, 0.15) is 11.1 Å². The van der Waals surface area contributed by atoms with E-state index in [-0.39, 0.29) is 30.9 Å². The van der Waals surface area contributed by atoms with Crippen LogP contribution in [0.15, 0.2) is 47.4 Å². The van der Waals surface area contributed by atoms with Crippen LogP contribution >= 0.6 is 23.4 Å². The van der Waals surface area contributed by atoms with Crippen LogP contribution in [0, 0.1) is 19.3 Å². The number of carbonyl (C=O) groups is 2. The van der Waals surface area contributed by atoms with Crippen LogP contribution in [0.4, 0.5) is 4.79 Å². The molecule has 0 aliphatic carbocycles. The number of aryl methyl sites for hydroxylation is 1. The Bertz CT molecular complexity index is 995. The molecular weight excluding hydrogens is 410 g/mol. The molecule has 0 bridgehead atoms. The number of rotatable bonds is 7. The zero-order valence-electron chi connectivity index (χ0n) is 15.7. The zero-order chi connectivity index (χ0) is 20.8. The molecule has 0 unspecified atom stereocenters. The first-order valence-corrected chi connectivity index (χ1v) is 9.98. The highest BCUT2D eigenvalue weighted by Gasteiger charge is 2.34. The highest BCUT2D eigenvalue weighted by Crippen LogP contribution is 2.33. The Balaban J connectivity index is 1.62. The number of hydrogen-bond donors (Lipinski definition) is 0. The third-order valence-electron chi connectivity index (χ3n) is 4.04. The molecule has 1 fully saturated rings. The molecule has 1 heterocycles. The standard InChI is InChI=1S/C22H18ClNO4S/c1-3-11-28-19-9-6-16(13-18(19)23)14-20-21(25)24(22(26)29-20)10-12-27-17-7-4-15(2)5-8-17/h1,4-9,13-14H,10-12H2,2H3/b20-14-. The van der Waals surface area contributed by atoms with Gasteiger partial charge in [0.25, 0.3) is 11.1 Å². The number of nitrogens with zero attached hydrogens (tertiary/aromatic N) is 1. The predicted octanol–water partition coefficient (Wildman–Crippen LogP) is 4.78. The van der Waals surface area contributed by atoms with Gasteiger partial charge in [-0.2, -0.15) is 0 Å². The highest BCUT2D eigenvalue weighted by molar-refractivity contribution is 8.18. The molecule has 2 aromatic carbocycles. The summed E-state index contributed by atoms with van der Waals surface area (Å²) < 4.78 is 10.9. The van der Waals surface area contributed by atoms with Crippen LogP contribution in [-0.4, -0.2) is 35.8 Å². The van der Waals surface area contributed by atoms with Gasteiger partial charge >= 0.3 is 0 Å². The van der Waals surface area contributed by atoms with E-state index in [0.29, 0.717) is 27.0 Å². The second kappa shape index (κ2) is 9.55. The number of halogens is 1. The lowest BCUT2D eigenvalue weighted by atomic mass is 10.2. The van der Waals surface area contributed by atoms with Crippen molar-refractivity contribution in [3.05, 3.63) is 63.5 Å². The molecule has 29 heavy (non-hydrogen) atoms. The lowest BCUT2D eigenvalue weighted by molar-refractivity contribution is -0.123. The Morgan fingerprint density at radius 2 is 1.93 bits per heavy atom. The minimum absolute atomic E-state index is 0.114. The lowest BCUT2D eigenvalue weighted by Gasteiger charge is -2.13. The molecular formula is C22H18ClNO4S. The fraction of sp³-hybridized carbons (Fsp3) is 0.182. The third kappa shape index (κ3) is 5.35. The van der Waals surface area contributed by atoms with Crippen LogP contribution in [0.3, 0.4) is 0 Å². The van der Waals surface area contributed by atoms with Crippen molar-refractivity contribution in [3.63, 3.8) is 0 Å². The van der Waals surface area contributed by atoms with E-state index in [1.807, 2.05) is 31.2 Å². The molecule has 0 N–H and O–H groups in total. The Kier molecular flexibility index (Phi) is 6.86. The number of terminal acetylenes is 1. The Morgan fingerprint density at radius 3 is 2.62 bits per heavy atom. The third-order valence-corrected chi connectivity index (χ3v) is 5.25. The molecule has 0 aromatic heterocycles. The van der Waals surface area contributed by atoms with Crippen LogP contribution in [-0.2, 0) is 4.79 Å². The average Bonchev–Trinajstić information content (AvgIpc) is 2.96. The van der Waals surface area contributed by atoms with E-state index in [4.69, 9.17) is 27.5 Å². The first kappa shape index (κ1) is 20.8. The van der Waals surface area contributed by atoms with Gasteiger partial charge in [0.05, 0.1) is 16.5 Å². The molecule has 3 rings (SSSR count). The summed E-state index contributed by atoms with van der Waals surface area (Å²) in [6, 6.07) is 12.6. The van der Waals surface area contributed by atoms with Crippen molar-refractivity contribution >= 4 is 40.6 Å². The monoisotopic (exact) mass is 427 g/mol. The zero-order valence-corrected chi connectivity index (χ0v) is 17.3. The fourth-order valence-electron chi connectivity index (χ4n) is 2.58. The van der Waals surface area contributed by atoms with E-state index in [2.05, 4.69) is 5.92 Å². The van der Waals surface area contributed by atoms with Crippen molar-refractivity contribution in [2.45, 2.75) is 6.92 Å². The summed E-state index contributed by atoms with van der Waals surface area (Å²) in [5, 5.41) is 0.0496. The van der Waals surface area contributed by atoms with Gasteiger partial charge in [-0.15, -0.1) is 6.42 Å². The van der Waals surface area contributed by atoms with Gasteiger partial charge < -0.3 is 9.47 Å². The summed E-state index contributed by atoms with van der Waals surface area (Å²) in [7, 11) is 0. The number of hydrogen-bond acceptors (Lipinski definition) is 5. The Hall–Kier alpha value is -2.88. The number of benzene rings is 2. The highest BCUT2D eigenvalue weighted by atomic mass is 35.5. The minimum atomic E-state index is -0.351.